The Morgan fingerprint density at radius 1 is 1.06 bits per heavy atom. The fourth-order valence-corrected chi connectivity index (χ4v) is 1.95. The number of urea groups is 1. The van der Waals surface area contributed by atoms with Crippen molar-refractivity contribution in [3.8, 4) is 0 Å². The summed E-state index contributed by atoms with van der Waals surface area (Å²) in [6.45, 7) is 5.99. The van der Waals surface area contributed by atoms with Crippen molar-refractivity contribution in [1.29, 1.82) is 0 Å². The van der Waals surface area contributed by atoms with Crippen molar-refractivity contribution in [1.82, 2.24) is 14.7 Å². The van der Waals surface area contributed by atoms with Gasteiger partial charge in [0.15, 0.2) is 0 Å². The molecule has 0 bridgehead atoms. The summed E-state index contributed by atoms with van der Waals surface area (Å²) in [4.78, 5) is 27.4. The molecule has 1 rings (SSSR count). The van der Waals surface area contributed by atoms with Crippen LogP contribution in [0.25, 0.3) is 0 Å². The molecule has 1 aliphatic rings. The topological polar surface area (TPSA) is 43.9 Å². The average Bonchev–Trinajstić information content (AvgIpc) is 2.39. The molecule has 1 fully saturated rings. The summed E-state index contributed by atoms with van der Waals surface area (Å²) >= 11 is 0. The van der Waals surface area contributed by atoms with Crippen LogP contribution >= 0.6 is 0 Å². The number of amides is 3. The minimum Gasteiger partial charge on any atom is -0.334 e. The Bertz CT molecular complexity index is 301. The summed E-state index contributed by atoms with van der Waals surface area (Å²) in [5.74, 6) is -1.15. The highest BCUT2D eigenvalue weighted by Crippen LogP contribution is 2.08. The van der Waals surface area contributed by atoms with Gasteiger partial charge in [-0.05, 0) is 13.8 Å². The second kappa shape index (κ2) is 6.51. The van der Waals surface area contributed by atoms with Gasteiger partial charge in [-0.3, -0.25) is 4.79 Å². The number of hydrogen-bond donors (Lipinski definition) is 0. The van der Waals surface area contributed by atoms with E-state index < -0.39 is 12.3 Å². The quantitative estimate of drug-likeness (QED) is 0.758. The molecule has 0 aromatic heterocycles. The summed E-state index contributed by atoms with van der Waals surface area (Å²) < 4.78 is 24.5. The van der Waals surface area contributed by atoms with Gasteiger partial charge in [0.25, 0.3) is 5.91 Å². The molecule has 0 aromatic rings. The van der Waals surface area contributed by atoms with Crippen LogP contribution in [0.3, 0.4) is 0 Å². The Kier molecular flexibility index (Phi) is 5.30. The minimum absolute atomic E-state index is 0.0934. The van der Waals surface area contributed by atoms with Gasteiger partial charge in [-0.1, -0.05) is 0 Å². The molecule has 0 aromatic carbocycles. The van der Waals surface area contributed by atoms with E-state index in [2.05, 4.69) is 0 Å². The van der Waals surface area contributed by atoms with Crippen LogP contribution in [0.4, 0.5) is 13.6 Å². The van der Waals surface area contributed by atoms with Crippen molar-refractivity contribution in [3.05, 3.63) is 0 Å². The van der Waals surface area contributed by atoms with Gasteiger partial charge >= 0.3 is 12.5 Å². The molecule has 1 aliphatic heterocycles. The van der Waals surface area contributed by atoms with Crippen molar-refractivity contribution < 1.29 is 18.4 Å². The molecule has 5 nitrogen and oxygen atoms in total. The van der Waals surface area contributed by atoms with E-state index in [1.807, 2.05) is 13.8 Å². The van der Waals surface area contributed by atoms with Crippen LogP contribution in [-0.4, -0.2) is 72.3 Å². The van der Waals surface area contributed by atoms with Crippen molar-refractivity contribution in [2.24, 2.45) is 0 Å². The zero-order valence-corrected chi connectivity index (χ0v) is 10.7. The smallest absolute Gasteiger partial charge is 0.320 e. The van der Waals surface area contributed by atoms with Crippen molar-refractivity contribution in [2.45, 2.75) is 20.3 Å². The lowest BCUT2D eigenvalue weighted by atomic mass is 10.3. The monoisotopic (exact) mass is 263 g/mol. The summed E-state index contributed by atoms with van der Waals surface area (Å²) in [7, 11) is 0. The number of rotatable bonds is 3. The Balaban J connectivity index is 2.49. The fraction of sp³-hybridized carbons (Fsp3) is 0.818. The first-order chi connectivity index (χ1) is 8.51. The van der Waals surface area contributed by atoms with E-state index in [4.69, 9.17) is 0 Å². The standard InChI is InChI=1S/C11H19F2N3O2/c1-3-14(4-2)11(18)16-7-5-15(6-8-16)10(17)9(12)13/h9H,3-8H2,1-2H3. The molecule has 0 N–H and O–H groups in total. The van der Waals surface area contributed by atoms with Crippen LogP contribution in [-0.2, 0) is 4.79 Å². The van der Waals surface area contributed by atoms with Crippen LogP contribution < -0.4 is 0 Å². The van der Waals surface area contributed by atoms with E-state index in [1.54, 1.807) is 9.80 Å². The summed E-state index contributed by atoms with van der Waals surface area (Å²) in [5, 5.41) is 0. The zero-order valence-electron chi connectivity index (χ0n) is 10.7. The molecule has 18 heavy (non-hydrogen) atoms. The molecule has 3 amide bonds. The van der Waals surface area contributed by atoms with Gasteiger partial charge in [-0.15, -0.1) is 0 Å². The first-order valence-electron chi connectivity index (χ1n) is 6.12. The SMILES string of the molecule is CCN(CC)C(=O)N1CCN(C(=O)C(F)F)CC1. The largest absolute Gasteiger partial charge is 0.334 e. The van der Waals surface area contributed by atoms with Gasteiger partial charge in [-0.25, -0.2) is 4.79 Å². The molecule has 7 heteroatoms. The first kappa shape index (κ1) is 14.7. The second-order valence-corrected chi connectivity index (χ2v) is 4.07. The molecule has 0 atom stereocenters. The summed E-state index contributed by atoms with van der Waals surface area (Å²) in [6.07, 6.45) is -2.96. The van der Waals surface area contributed by atoms with Crippen molar-refractivity contribution in [3.63, 3.8) is 0 Å². The Morgan fingerprint density at radius 2 is 1.50 bits per heavy atom. The van der Waals surface area contributed by atoms with E-state index >= 15 is 0 Å². The van der Waals surface area contributed by atoms with Gasteiger partial charge in [0, 0.05) is 39.3 Å². The van der Waals surface area contributed by atoms with Gasteiger partial charge < -0.3 is 14.7 Å². The van der Waals surface area contributed by atoms with Gasteiger partial charge in [-0.2, -0.15) is 8.78 Å². The lowest BCUT2D eigenvalue weighted by Gasteiger charge is -2.37. The minimum atomic E-state index is -2.96. The summed E-state index contributed by atoms with van der Waals surface area (Å²) in [5.41, 5.74) is 0. The Hall–Kier alpha value is -1.40. The lowest BCUT2D eigenvalue weighted by molar-refractivity contribution is -0.144. The van der Waals surface area contributed by atoms with Crippen molar-refractivity contribution in [2.75, 3.05) is 39.3 Å². The Labute approximate surface area is 105 Å². The molecule has 0 spiro atoms. The van der Waals surface area contributed by atoms with Gasteiger partial charge in [0.05, 0.1) is 0 Å². The number of piperazine rings is 1. The normalized spacial score (nSPS) is 16.1. The predicted molar refractivity (Wildman–Crippen MR) is 62.5 cm³/mol. The molecular formula is C11H19F2N3O2. The van der Waals surface area contributed by atoms with Crippen LogP contribution in [0.5, 0.6) is 0 Å². The number of alkyl halides is 2. The van der Waals surface area contributed by atoms with E-state index in [0.29, 0.717) is 26.2 Å². The van der Waals surface area contributed by atoms with Gasteiger partial charge in [0.1, 0.15) is 0 Å². The van der Waals surface area contributed by atoms with Crippen LogP contribution in [0.15, 0.2) is 0 Å². The molecular weight excluding hydrogens is 244 g/mol. The highest BCUT2D eigenvalue weighted by atomic mass is 19.3. The molecule has 0 saturated carbocycles. The van der Waals surface area contributed by atoms with Gasteiger partial charge in [0.2, 0.25) is 0 Å². The highest BCUT2D eigenvalue weighted by Gasteiger charge is 2.29. The first-order valence-corrected chi connectivity index (χ1v) is 6.12. The molecule has 1 saturated heterocycles. The van der Waals surface area contributed by atoms with E-state index in [-0.39, 0.29) is 19.1 Å². The highest BCUT2D eigenvalue weighted by molar-refractivity contribution is 5.80. The number of carbonyl (C=O) groups excluding carboxylic acids is 2. The van der Waals surface area contributed by atoms with E-state index in [0.717, 1.165) is 4.90 Å². The molecule has 1 heterocycles. The maximum absolute atomic E-state index is 12.2. The molecule has 0 unspecified atom stereocenters. The summed E-state index contributed by atoms with van der Waals surface area (Å²) in [6, 6.07) is -0.0934. The number of carbonyl (C=O) groups is 2. The third-order valence-corrected chi connectivity index (χ3v) is 3.08. The lowest BCUT2D eigenvalue weighted by Crippen LogP contribution is -2.54. The van der Waals surface area contributed by atoms with Crippen molar-refractivity contribution >= 4 is 11.9 Å². The third-order valence-electron chi connectivity index (χ3n) is 3.08. The molecule has 104 valence electrons. The zero-order chi connectivity index (χ0) is 13.7. The molecule has 0 aliphatic carbocycles. The maximum atomic E-state index is 12.2. The van der Waals surface area contributed by atoms with Crippen LogP contribution in [0, 0.1) is 0 Å². The Morgan fingerprint density at radius 3 is 1.89 bits per heavy atom. The third kappa shape index (κ3) is 3.30. The van der Waals surface area contributed by atoms with Crippen LogP contribution in [0.1, 0.15) is 13.8 Å². The van der Waals surface area contributed by atoms with E-state index in [9.17, 15) is 18.4 Å². The average molecular weight is 263 g/mol. The number of hydrogen-bond acceptors (Lipinski definition) is 2. The van der Waals surface area contributed by atoms with E-state index in [1.165, 1.54) is 0 Å². The fourth-order valence-electron chi connectivity index (χ4n) is 1.95. The van der Waals surface area contributed by atoms with Crippen LogP contribution in [0.2, 0.25) is 0 Å². The predicted octanol–water partition coefficient (Wildman–Crippen LogP) is 0.857. The maximum Gasteiger partial charge on any atom is 0.320 e. The number of halogens is 2. The number of nitrogens with zero attached hydrogens (tertiary/aromatic N) is 3. The molecule has 0 radical (unpaired) electrons. The second-order valence-electron chi connectivity index (χ2n) is 4.07.